The summed E-state index contributed by atoms with van der Waals surface area (Å²) in [4.78, 5) is 12.3. The van der Waals surface area contributed by atoms with Crippen LogP contribution in [0.4, 0.5) is 0 Å². The maximum Gasteiger partial charge on any atom is 0.249 e. The van der Waals surface area contributed by atoms with Gasteiger partial charge in [-0.2, -0.15) is 0 Å². The first-order chi connectivity index (χ1) is 19.5. The van der Waals surface area contributed by atoms with Crippen LogP contribution in [0.1, 0.15) is 181 Å². The number of unbranched alkanes of at least 4 members (excludes halogenated alkanes) is 22. The number of carbonyl (C=O) groups excluding carboxylic acids is 1. The minimum Gasteiger partial charge on any atom is -0.394 e. The molecule has 0 radical (unpaired) electrons. The Morgan fingerprint density at radius 3 is 1.20 bits per heavy atom. The molecule has 240 valence electrons. The van der Waals surface area contributed by atoms with E-state index in [2.05, 4.69) is 19.2 Å². The molecule has 1 amide bonds. The third kappa shape index (κ3) is 24.0. The molecule has 0 aromatic heterocycles. The number of aliphatic hydroxyl groups is 4. The Morgan fingerprint density at radius 2 is 0.850 bits per heavy atom. The van der Waals surface area contributed by atoms with E-state index in [1.807, 2.05) is 0 Å². The van der Waals surface area contributed by atoms with Crippen molar-refractivity contribution < 1.29 is 25.2 Å². The van der Waals surface area contributed by atoms with Crippen LogP contribution >= 0.6 is 0 Å². The van der Waals surface area contributed by atoms with Crippen molar-refractivity contribution in [1.29, 1.82) is 0 Å². The zero-order valence-corrected chi connectivity index (χ0v) is 26.6. The van der Waals surface area contributed by atoms with Gasteiger partial charge in [-0.1, -0.05) is 168 Å². The van der Waals surface area contributed by atoms with Gasteiger partial charge in [-0.05, 0) is 12.8 Å². The van der Waals surface area contributed by atoms with E-state index in [9.17, 15) is 25.2 Å². The maximum absolute atomic E-state index is 12.3. The van der Waals surface area contributed by atoms with Gasteiger partial charge in [-0.25, -0.2) is 0 Å². The standard InChI is InChI=1S/C34H69NO5/c1-3-5-7-9-11-13-14-15-16-17-18-20-21-23-25-27-31(37)33(39)30(29-36)35-34(40)32(38)28-26-24-22-19-12-10-8-6-4-2/h30-33,36-39H,3-29H2,1-2H3,(H,35,40). The fraction of sp³-hybridized carbons (Fsp3) is 0.971. The highest BCUT2D eigenvalue weighted by Gasteiger charge is 2.28. The summed E-state index contributed by atoms with van der Waals surface area (Å²) in [7, 11) is 0. The predicted molar refractivity (Wildman–Crippen MR) is 168 cm³/mol. The highest BCUT2D eigenvalue weighted by molar-refractivity contribution is 5.80. The highest BCUT2D eigenvalue weighted by Crippen LogP contribution is 2.16. The van der Waals surface area contributed by atoms with Crippen molar-refractivity contribution in [3.05, 3.63) is 0 Å². The Morgan fingerprint density at radius 1 is 0.525 bits per heavy atom. The monoisotopic (exact) mass is 572 g/mol. The molecule has 0 saturated carbocycles. The van der Waals surface area contributed by atoms with E-state index < -0.39 is 36.9 Å². The van der Waals surface area contributed by atoms with Crippen molar-refractivity contribution in [2.24, 2.45) is 0 Å². The molecule has 0 rings (SSSR count). The molecule has 6 nitrogen and oxygen atoms in total. The maximum atomic E-state index is 12.3. The average Bonchev–Trinajstić information content (AvgIpc) is 2.96. The lowest BCUT2D eigenvalue weighted by Crippen LogP contribution is -2.53. The van der Waals surface area contributed by atoms with Gasteiger partial charge in [-0.3, -0.25) is 4.79 Å². The molecule has 0 aliphatic rings. The topological polar surface area (TPSA) is 110 Å². The van der Waals surface area contributed by atoms with Crippen LogP contribution in [-0.2, 0) is 4.79 Å². The average molecular weight is 572 g/mol. The van der Waals surface area contributed by atoms with Crippen LogP contribution in [0.5, 0.6) is 0 Å². The molecule has 5 N–H and O–H groups in total. The zero-order chi connectivity index (χ0) is 29.7. The van der Waals surface area contributed by atoms with Crippen molar-refractivity contribution in [3.63, 3.8) is 0 Å². The minimum absolute atomic E-state index is 0.373. The molecule has 0 spiro atoms. The van der Waals surface area contributed by atoms with Crippen molar-refractivity contribution in [2.45, 2.75) is 205 Å². The summed E-state index contributed by atoms with van der Waals surface area (Å²) in [5, 5.41) is 43.3. The second-order valence-electron chi connectivity index (χ2n) is 12.2. The molecule has 4 unspecified atom stereocenters. The van der Waals surface area contributed by atoms with Gasteiger partial charge in [0.05, 0.1) is 18.8 Å². The van der Waals surface area contributed by atoms with Crippen LogP contribution in [0.15, 0.2) is 0 Å². The van der Waals surface area contributed by atoms with Crippen LogP contribution in [0, 0.1) is 0 Å². The van der Waals surface area contributed by atoms with Gasteiger partial charge in [0.25, 0.3) is 0 Å². The zero-order valence-electron chi connectivity index (χ0n) is 26.6. The van der Waals surface area contributed by atoms with Gasteiger partial charge in [-0.15, -0.1) is 0 Å². The van der Waals surface area contributed by atoms with Crippen molar-refractivity contribution >= 4 is 5.91 Å². The van der Waals surface area contributed by atoms with Gasteiger partial charge < -0.3 is 25.7 Å². The lowest BCUT2D eigenvalue weighted by atomic mass is 9.99. The number of rotatable bonds is 31. The molecule has 6 heteroatoms. The van der Waals surface area contributed by atoms with Gasteiger partial charge in [0.1, 0.15) is 12.2 Å². The summed E-state index contributed by atoms with van der Waals surface area (Å²) < 4.78 is 0. The number of hydrogen-bond donors (Lipinski definition) is 5. The van der Waals surface area contributed by atoms with Crippen LogP contribution in [0.3, 0.4) is 0 Å². The molecule has 0 aromatic rings. The van der Waals surface area contributed by atoms with E-state index in [-0.39, 0.29) is 0 Å². The molecule has 0 bridgehead atoms. The molecule has 40 heavy (non-hydrogen) atoms. The number of aliphatic hydroxyl groups excluding tert-OH is 4. The van der Waals surface area contributed by atoms with E-state index >= 15 is 0 Å². The Kier molecular flexibility index (Phi) is 29.3. The van der Waals surface area contributed by atoms with Crippen LogP contribution in [0.25, 0.3) is 0 Å². The smallest absolute Gasteiger partial charge is 0.249 e. The van der Waals surface area contributed by atoms with Crippen LogP contribution in [0.2, 0.25) is 0 Å². The van der Waals surface area contributed by atoms with Gasteiger partial charge in [0.15, 0.2) is 0 Å². The number of amides is 1. The Hall–Kier alpha value is -0.690. The number of nitrogens with one attached hydrogen (secondary N) is 1. The Balaban J connectivity index is 3.80. The van der Waals surface area contributed by atoms with E-state index in [1.165, 1.54) is 116 Å². The Bertz CT molecular complexity index is 532. The number of hydrogen-bond acceptors (Lipinski definition) is 5. The third-order valence-electron chi connectivity index (χ3n) is 8.32. The SMILES string of the molecule is CCCCCCCCCCCCCCCCCC(O)C(O)C(CO)NC(=O)C(O)CCCCCCCCCCC. The van der Waals surface area contributed by atoms with E-state index in [0.717, 1.165) is 38.5 Å². The molecule has 0 saturated heterocycles. The highest BCUT2D eigenvalue weighted by atomic mass is 16.3. The van der Waals surface area contributed by atoms with E-state index in [1.54, 1.807) is 0 Å². The van der Waals surface area contributed by atoms with Crippen LogP contribution in [-0.4, -0.2) is 57.3 Å². The van der Waals surface area contributed by atoms with Crippen molar-refractivity contribution in [1.82, 2.24) is 5.32 Å². The predicted octanol–water partition coefficient (Wildman–Crippen LogP) is 7.73. The first-order valence-electron chi connectivity index (χ1n) is 17.4. The van der Waals surface area contributed by atoms with Crippen molar-refractivity contribution in [2.75, 3.05) is 6.61 Å². The third-order valence-corrected chi connectivity index (χ3v) is 8.32. The first-order valence-corrected chi connectivity index (χ1v) is 17.4. The summed E-state index contributed by atoms with van der Waals surface area (Å²) in [5.41, 5.74) is 0. The van der Waals surface area contributed by atoms with Crippen molar-refractivity contribution in [3.8, 4) is 0 Å². The quantitative estimate of drug-likeness (QED) is 0.0547. The lowest BCUT2D eigenvalue weighted by molar-refractivity contribution is -0.132. The second-order valence-corrected chi connectivity index (χ2v) is 12.2. The van der Waals surface area contributed by atoms with E-state index in [0.29, 0.717) is 12.8 Å². The minimum atomic E-state index is -1.25. The summed E-state index contributed by atoms with van der Waals surface area (Å²) in [5.74, 6) is -0.586. The van der Waals surface area contributed by atoms with Gasteiger partial charge >= 0.3 is 0 Å². The summed E-state index contributed by atoms with van der Waals surface area (Å²) in [6.07, 6.45) is 27.0. The fourth-order valence-electron chi connectivity index (χ4n) is 5.46. The first kappa shape index (κ1) is 39.3. The van der Waals surface area contributed by atoms with Gasteiger partial charge in [0.2, 0.25) is 5.91 Å². The van der Waals surface area contributed by atoms with Gasteiger partial charge in [0, 0.05) is 0 Å². The molecule has 4 atom stereocenters. The Labute approximate surface area is 248 Å². The molecular weight excluding hydrogens is 502 g/mol. The lowest BCUT2D eigenvalue weighted by Gasteiger charge is -2.27. The largest absolute Gasteiger partial charge is 0.394 e. The summed E-state index contributed by atoms with van der Waals surface area (Å²) >= 11 is 0. The molecule has 0 heterocycles. The molecule has 0 aromatic carbocycles. The second kappa shape index (κ2) is 29.8. The normalized spacial score (nSPS) is 14.7. The van der Waals surface area contributed by atoms with E-state index in [4.69, 9.17) is 0 Å². The summed E-state index contributed by atoms with van der Waals surface area (Å²) in [6, 6.07) is -0.975. The number of carbonyl (C=O) groups is 1. The molecular formula is C34H69NO5. The fourth-order valence-corrected chi connectivity index (χ4v) is 5.46. The molecule has 0 aliphatic heterocycles. The molecule has 0 aliphatic carbocycles. The molecule has 0 fully saturated rings. The summed E-state index contributed by atoms with van der Waals surface area (Å²) in [6.45, 7) is 4.00. The van der Waals surface area contributed by atoms with Crippen LogP contribution < -0.4 is 5.32 Å².